The maximum Gasteiger partial charge on any atom is 0.336 e. The molecule has 0 amide bonds. The fraction of sp³-hybridized carbons (Fsp3) is 0.158. The Morgan fingerprint density at radius 3 is 2.58 bits per heavy atom. The number of fused-ring (bicyclic) bond motifs is 2. The van der Waals surface area contributed by atoms with Crippen LogP contribution in [-0.2, 0) is 9.53 Å². The van der Waals surface area contributed by atoms with Gasteiger partial charge in [-0.3, -0.25) is 4.79 Å². The number of hydrogen-bond acceptors (Lipinski definition) is 5. The molecule has 2 aliphatic rings. The van der Waals surface area contributed by atoms with Gasteiger partial charge in [0.2, 0.25) is 0 Å². The third-order valence-electron chi connectivity index (χ3n) is 4.48. The Morgan fingerprint density at radius 1 is 1.17 bits per heavy atom. The van der Waals surface area contributed by atoms with Gasteiger partial charge in [-0.15, -0.1) is 11.3 Å². The number of hydrogen-bond donors (Lipinski definition) is 1. The minimum atomic E-state index is -0.409. The Morgan fingerprint density at radius 2 is 1.92 bits per heavy atom. The van der Waals surface area contributed by atoms with E-state index in [0.717, 1.165) is 21.8 Å². The molecular weight excluding hydrogens is 322 g/mol. The summed E-state index contributed by atoms with van der Waals surface area (Å²) < 4.78 is 4.98. The van der Waals surface area contributed by atoms with Crippen LogP contribution in [-0.4, -0.2) is 18.9 Å². The molecule has 24 heavy (non-hydrogen) atoms. The Bertz CT molecular complexity index is 922. The van der Waals surface area contributed by atoms with E-state index in [4.69, 9.17) is 4.74 Å². The van der Waals surface area contributed by atoms with Crippen LogP contribution in [0.25, 0.3) is 5.70 Å². The second-order valence-electron chi connectivity index (χ2n) is 5.77. The van der Waals surface area contributed by atoms with Gasteiger partial charge in [-0.2, -0.15) is 0 Å². The third-order valence-corrected chi connectivity index (χ3v) is 5.42. The number of carbonyl (C=O) groups excluding carboxylic acids is 2. The predicted octanol–water partition coefficient (Wildman–Crippen LogP) is 3.49. The third kappa shape index (κ3) is 1.98. The lowest BCUT2D eigenvalue weighted by Crippen LogP contribution is -2.28. The van der Waals surface area contributed by atoms with Gasteiger partial charge in [-0.05, 0) is 18.4 Å². The first-order chi connectivity index (χ1) is 11.6. The highest BCUT2D eigenvalue weighted by atomic mass is 32.1. The van der Waals surface area contributed by atoms with Crippen molar-refractivity contribution in [1.29, 1.82) is 0 Å². The summed E-state index contributed by atoms with van der Waals surface area (Å²) in [6, 6.07) is 11.4. The largest absolute Gasteiger partial charge is 0.466 e. The second kappa shape index (κ2) is 5.46. The molecule has 2 heterocycles. The molecule has 1 N–H and O–H groups in total. The summed E-state index contributed by atoms with van der Waals surface area (Å²) in [7, 11) is 1.36. The summed E-state index contributed by atoms with van der Waals surface area (Å²) >= 11 is 1.54. The van der Waals surface area contributed by atoms with Crippen molar-refractivity contribution in [3.8, 4) is 0 Å². The Labute approximate surface area is 143 Å². The average Bonchev–Trinajstić information content (AvgIpc) is 3.22. The average molecular weight is 337 g/mol. The number of ether oxygens (including phenoxy) is 1. The highest BCUT2D eigenvalue weighted by molar-refractivity contribution is 7.10. The molecule has 1 aliphatic carbocycles. The van der Waals surface area contributed by atoms with E-state index in [1.165, 1.54) is 18.4 Å². The van der Waals surface area contributed by atoms with E-state index in [9.17, 15) is 9.59 Å². The highest BCUT2D eigenvalue weighted by Crippen LogP contribution is 2.47. The van der Waals surface area contributed by atoms with Crippen LogP contribution >= 0.6 is 11.3 Å². The van der Waals surface area contributed by atoms with Gasteiger partial charge in [-0.1, -0.05) is 30.3 Å². The molecule has 1 aromatic carbocycles. The molecule has 1 aliphatic heterocycles. The molecule has 0 saturated heterocycles. The van der Waals surface area contributed by atoms with Gasteiger partial charge in [0, 0.05) is 27.3 Å². The molecule has 0 fully saturated rings. The lowest BCUT2D eigenvalue weighted by Gasteiger charge is -2.28. The summed E-state index contributed by atoms with van der Waals surface area (Å²) in [5.74, 6) is -0.831. The number of nitrogens with one attached hydrogen (secondary N) is 1. The van der Waals surface area contributed by atoms with Crippen LogP contribution < -0.4 is 5.32 Å². The van der Waals surface area contributed by atoms with Gasteiger partial charge >= 0.3 is 5.97 Å². The van der Waals surface area contributed by atoms with Crippen molar-refractivity contribution in [2.45, 2.75) is 12.8 Å². The van der Waals surface area contributed by atoms with Gasteiger partial charge < -0.3 is 10.1 Å². The summed E-state index contributed by atoms with van der Waals surface area (Å²) in [5.41, 5.74) is 4.23. The number of Topliss-reactive ketones (excluding diaryl/α,β-unsaturated/α-hetero) is 1. The number of esters is 1. The van der Waals surface area contributed by atoms with E-state index >= 15 is 0 Å². The van der Waals surface area contributed by atoms with Gasteiger partial charge in [0.15, 0.2) is 5.78 Å². The van der Waals surface area contributed by atoms with Crippen molar-refractivity contribution in [2.75, 3.05) is 7.11 Å². The topological polar surface area (TPSA) is 55.4 Å². The smallest absolute Gasteiger partial charge is 0.336 e. The Hall–Kier alpha value is -2.66. The maximum atomic E-state index is 13.0. The van der Waals surface area contributed by atoms with E-state index in [-0.39, 0.29) is 5.78 Å². The second-order valence-corrected chi connectivity index (χ2v) is 6.75. The first-order valence-electron chi connectivity index (χ1n) is 7.61. The van der Waals surface area contributed by atoms with Crippen molar-refractivity contribution in [2.24, 2.45) is 0 Å². The van der Waals surface area contributed by atoms with E-state index in [1.807, 2.05) is 48.7 Å². The summed E-state index contributed by atoms with van der Waals surface area (Å²) in [5, 5.41) is 5.22. The maximum absolute atomic E-state index is 13.0. The molecular formula is C19H15NO3S. The van der Waals surface area contributed by atoms with E-state index in [0.29, 0.717) is 16.7 Å². The highest BCUT2D eigenvalue weighted by Gasteiger charge is 2.43. The number of rotatable bonds is 2. The molecule has 1 atom stereocenters. The molecule has 0 saturated carbocycles. The summed E-state index contributed by atoms with van der Waals surface area (Å²) in [6.07, 6.45) is 0. The fourth-order valence-corrected chi connectivity index (χ4v) is 4.29. The number of allylic oxidation sites excluding steroid dienone is 2. The number of methoxy groups -OCH3 is 1. The van der Waals surface area contributed by atoms with Gasteiger partial charge in [0.1, 0.15) is 0 Å². The molecule has 0 radical (unpaired) electrons. The molecule has 2 aromatic rings. The van der Waals surface area contributed by atoms with Crippen molar-refractivity contribution in [3.63, 3.8) is 0 Å². The molecule has 1 aromatic heterocycles. The van der Waals surface area contributed by atoms with Crippen LogP contribution in [0.4, 0.5) is 0 Å². The van der Waals surface area contributed by atoms with Crippen LogP contribution in [0.2, 0.25) is 0 Å². The molecule has 0 spiro atoms. The first-order valence-corrected chi connectivity index (χ1v) is 8.49. The minimum Gasteiger partial charge on any atom is -0.466 e. The van der Waals surface area contributed by atoms with E-state index in [1.54, 1.807) is 0 Å². The van der Waals surface area contributed by atoms with Crippen LogP contribution in [0.1, 0.15) is 33.6 Å². The minimum absolute atomic E-state index is 0.0274. The van der Waals surface area contributed by atoms with Crippen molar-refractivity contribution < 1.29 is 14.3 Å². The molecule has 0 bridgehead atoms. The zero-order valence-electron chi connectivity index (χ0n) is 13.3. The number of ketones is 1. The molecule has 5 heteroatoms. The van der Waals surface area contributed by atoms with Crippen molar-refractivity contribution >= 4 is 28.8 Å². The number of benzene rings is 1. The monoisotopic (exact) mass is 337 g/mol. The Balaban J connectivity index is 1.95. The number of thiophene rings is 1. The molecule has 4 nitrogen and oxygen atoms in total. The van der Waals surface area contributed by atoms with Gasteiger partial charge in [-0.25, -0.2) is 4.79 Å². The quantitative estimate of drug-likeness (QED) is 0.852. The SMILES string of the molecule is COC(=O)C1=C(C)NC2=C(C(=O)c3ccccc32)[C@@H]1c1cccs1. The van der Waals surface area contributed by atoms with E-state index in [2.05, 4.69) is 5.32 Å². The molecule has 0 unspecified atom stereocenters. The normalized spacial score (nSPS) is 19.1. The molecule has 120 valence electrons. The summed E-state index contributed by atoms with van der Waals surface area (Å²) in [4.78, 5) is 26.4. The van der Waals surface area contributed by atoms with Gasteiger partial charge in [0.05, 0.1) is 24.3 Å². The van der Waals surface area contributed by atoms with Crippen molar-refractivity contribution in [1.82, 2.24) is 5.32 Å². The zero-order valence-corrected chi connectivity index (χ0v) is 14.1. The van der Waals surface area contributed by atoms with Gasteiger partial charge in [0.25, 0.3) is 0 Å². The van der Waals surface area contributed by atoms with Crippen LogP contribution in [0, 0.1) is 0 Å². The Kier molecular flexibility index (Phi) is 3.39. The van der Waals surface area contributed by atoms with E-state index < -0.39 is 11.9 Å². The first kappa shape index (κ1) is 14.9. The lowest BCUT2D eigenvalue weighted by atomic mass is 9.83. The number of dihydropyridines is 1. The predicted molar refractivity (Wildman–Crippen MR) is 92.6 cm³/mol. The summed E-state index contributed by atoms with van der Waals surface area (Å²) in [6.45, 7) is 1.85. The van der Waals surface area contributed by atoms with Crippen LogP contribution in [0.15, 0.2) is 58.6 Å². The number of carbonyl (C=O) groups is 2. The molecule has 4 rings (SSSR count). The standard InChI is InChI=1S/C19H15NO3S/c1-10-14(19(22)23-2)15(13-8-5-9-24-13)16-17(20-10)11-6-3-4-7-12(11)18(16)21/h3-9,15,20H,1-2H3/t15-/m1/s1. The van der Waals surface area contributed by atoms with Crippen LogP contribution in [0.3, 0.4) is 0 Å². The zero-order chi connectivity index (χ0) is 16.8. The fourth-order valence-electron chi connectivity index (χ4n) is 3.45. The lowest BCUT2D eigenvalue weighted by molar-refractivity contribution is -0.136. The van der Waals surface area contributed by atoms with Crippen molar-refractivity contribution in [3.05, 3.63) is 74.6 Å². The van der Waals surface area contributed by atoms with Crippen LogP contribution in [0.5, 0.6) is 0 Å².